The molecule has 0 aromatic carbocycles. The van der Waals surface area contributed by atoms with E-state index < -0.39 is 44.3 Å². The lowest BCUT2D eigenvalue weighted by atomic mass is 10.1. The van der Waals surface area contributed by atoms with Crippen LogP contribution in [0.25, 0.3) is 0 Å². The Hall–Kier alpha value is -0.460. The molecule has 0 bridgehead atoms. The Morgan fingerprint density at radius 1 is 0.765 bits per heavy atom. The topological polar surface area (TPSA) is 77.5 Å². The SMILES string of the molecule is O=C(Cl)C1=C(C(=O)Cl)C(C(=O)Cl)OC1C(=O)Cl. The van der Waals surface area contributed by atoms with Crippen LogP contribution >= 0.6 is 46.4 Å². The van der Waals surface area contributed by atoms with Gasteiger partial charge in [0.25, 0.3) is 21.0 Å². The van der Waals surface area contributed by atoms with Gasteiger partial charge in [0.1, 0.15) is 0 Å². The lowest BCUT2D eigenvalue weighted by Gasteiger charge is -2.08. The summed E-state index contributed by atoms with van der Waals surface area (Å²) < 4.78 is 4.78. The van der Waals surface area contributed by atoms with Crippen LogP contribution in [0.2, 0.25) is 0 Å². The molecular formula is C8H2Cl4O5. The summed E-state index contributed by atoms with van der Waals surface area (Å²) in [5, 5.41) is -4.59. The maximum atomic E-state index is 11.1. The second-order valence-electron chi connectivity index (χ2n) is 2.88. The minimum Gasteiger partial charge on any atom is -0.347 e. The van der Waals surface area contributed by atoms with Crippen molar-refractivity contribution in [3.63, 3.8) is 0 Å². The minimum atomic E-state index is -1.63. The van der Waals surface area contributed by atoms with Crippen LogP contribution in [0.3, 0.4) is 0 Å². The van der Waals surface area contributed by atoms with E-state index in [1.807, 2.05) is 0 Å². The highest BCUT2D eigenvalue weighted by molar-refractivity contribution is 6.74. The van der Waals surface area contributed by atoms with Crippen molar-refractivity contribution >= 4 is 67.4 Å². The Balaban J connectivity index is 3.40. The lowest BCUT2D eigenvalue weighted by Crippen LogP contribution is -2.25. The van der Waals surface area contributed by atoms with E-state index >= 15 is 0 Å². The van der Waals surface area contributed by atoms with Gasteiger partial charge in [-0.25, -0.2) is 0 Å². The first-order valence-corrected chi connectivity index (χ1v) is 5.46. The second-order valence-corrected chi connectivity index (χ2v) is 4.31. The molecule has 0 spiro atoms. The van der Waals surface area contributed by atoms with Gasteiger partial charge in [-0.15, -0.1) is 0 Å². The van der Waals surface area contributed by atoms with Crippen molar-refractivity contribution in [3.05, 3.63) is 11.1 Å². The molecule has 0 aromatic heterocycles. The maximum absolute atomic E-state index is 11.1. The molecule has 5 nitrogen and oxygen atoms in total. The summed E-state index contributed by atoms with van der Waals surface area (Å²) in [5.74, 6) is 0. The van der Waals surface area contributed by atoms with Gasteiger partial charge >= 0.3 is 0 Å². The smallest absolute Gasteiger partial charge is 0.255 e. The van der Waals surface area contributed by atoms with Gasteiger partial charge in [0.2, 0.25) is 0 Å². The lowest BCUT2D eigenvalue weighted by molar-refractivity contribution is -0.129. The molecule has 92 valence electrons. The first-order valence-electron chi connectivity index (χ1n) is 3.95. The Labute approximate surface area is 115 Å². The van der Waals surface area contributed by atoms with Gasteiger partial charge in [-0.3, -0.25) is 19.2 Å². The fourth-order valence-corrected chi connectivity index (χ4v) is 2.03. The average Bonchev–Trinajstić information content (AvgIpc) is 2.56. The Morgan fingerprint density at radius 3 is 1.24 bits per heavy atom. The predicted molar refractivity (Wildman–Crippen MR) is 59.1 cm³/mol. The number of hydrogen-bond donors (Lipinski definition) is 0. The summed E-state index contributed by atoms with van der Waals surface area (Å²) in [4.78, 5) is 44.2. The number of carbonyl (C=O) groups is 4. The van der Waals surface area contributed by atoms with E-state index in [0.29, 0.717) is 0 Å². The number of rotatable bonds is 4. The molecule has 0 aliphatic carbocycles. The maximum Gasteiger partial charge on any atom is 0.255 e. The molecule has 0 fully saturated rings. The molecule has 9 heteroatoms. The van der Waals surface area contributed by atoms with Crippen molar-refractivity contribution in [1.82, 2.24) is 0 Å². The van der Waals surface area contributed by atoms with E-state index in [0.717, 1.165) is 0 Å². The van der Waals surface area contributed by atoms with E-state index in [-0.39, 0.29) is 0 Å². The van der Waals surface area contributed by atoms with Gasteiger partial charge in [-0.05, 0) is 46.4 Å². The molecule has 1 aliphatic heterocycles. The quantitative estimate of drug-likeness (QED) is 0.725. The number of halogens is 4. The zero-order chi connectivity index (χ0) is 13.3. The first kappa shape index (κ1) is 14.6. The van der Waals surface area contributed by atoms with Crippen molar-refractivity contribution in [2.24, 2.45) is 0 Å². The fraction of sp³-hybridized carbons (Fsp3) is 0.250. The third kappa shape index (κ3) is 2.86. The molecule has 1 aliphatic rings. The monoisotopic (exact) mass is 318 g/mol. The van der Waals surface area contributed by atoms with Crippen LogP contribution in [0.5, 0.6) is 0 Å². The highest BCUT2D eigenvalue weighted by Crippen LogP contribution is 2.33. The van der Waals surface area contributed by atoms with Crippen LogP contribution in [0.4, 0.5) is 0 Å². The largest absolute Gasteiger partial charge is 0.347 e. The number of carbonyl (C=O) groups excluding carboxylic acids is 4. The molecule has 0 radical (unpaired) electrons. The average molecular weight is 320 g/mol. The molecule has 1 rings (SSSR count). The van der Waals surface area contributed by atoms with Crippen LogP contribution in [0, 0.1) is 0 Å². The van der Waals surface area contributed by atoms with Crippen LogP contribution in [-0.4, -0.2) is 33.2 Å². The predicted octanol–water partition coefficient (Wildman–Crippen LogP) is 1.11. The number of ether oxygens (including phenoxy) is 1. The van der Waals surface area contributed by atoms with Gasteiger partial charge in [0.05, 0.1) is 11.1 Å². The fourth-order valence-electron chi connectivity index (χ4n) is 1.31. The molecule has 0 saturated heterocycles. The van der Waals surface area contributed by atoms with E-state index in [1.165, 1.54) is 0 Å². The first-order chi connectivity index (χ1) is 7.77. The van der Waals surface area contributed by atoms with Crippen LogP contribution in [0.1, 0.15) is 0 Å². The highest BCUT2D eigenvalue weighted by Gasteiger charge is 2.46. The van der Waals surface area contributed by atoms with E-state index in [4.69, 9.17) is 51.1 Å². The standard InChI is InChI=1S/C8H2Cl4O5/c9-5(13)1-2(6(10)14)4(8(12)16)17-3(1)7(11)15/h3-4H. The van der Waals surface area contributed by atoms with Gasteiger partial charge in [-0.2, -0.15) is 0 Å². The van der Waals surface area contributed by atoms with Crippen molar-refractivity contribution < 1.29 is 23.9 Å². The third-order valence-corrected chi connectivity index (χ3v) is 2.73. The molecule has 1 heterocycles. The van der Waals surface area contributed by atoms with Crippen LogP contribution in [-0.2, 0) is 23.9 Å². The van der Waals surface area contributed by atoms with Crippen LogP contribution in [0.15, 0.2) is 11.1 Å². The Morgan fingerprint density at radius 2 is 1.06 bits per heavy atom. The molecule has 17 heavy (non-hydrogen) atoms. The Bertz CT molecular complexity index is 415. The molecule has 2 unspecified atom stereocenters. The summed E-state index contributed by atoms with van der Waals surface area (Å²) in [7, 11) is 0. The zero-order valence-corrected chi connectivity index (χ0v) is 10.7. The van der Waals surface area contributed by atoms with Crippen molar-refractivity contribution in [3.8, 4) is 0 Å². The van der Waals surface area contributed by atoms with Crippen molar-refractivity contribution in [1.29, 1.82) is 0 Å². The molecule has 0 amide bonds. The van der Waals surface area contributed by atoms with E-state index in [2.05, 4.69) is 0 Å². The zero-order valence-electron chi connectivity index (χ0n) is 7.71. The van der Waals surface area contributed by atoms with Gasteiger partial charge in [-0.1, -0.05) is 0 Å². The van der Waals surface area contributed by atoms with Gasteiger partial charge < -0.3 is 4.74 Å². The number of hydrogen-bond acceptors (Lipinski definition) is 5. The normalized spacial score (nSPS) is 23.8. The molecule has 0 saturated carbocycles. The van der Waals surface area contributed by atoms with Gasteiger partial charge in [0, 0.05) is 0 Å². The summed E-state index contributed by atoms with van der Waals surface area (Å²) in [5.41, 5.74) is -1.13. The minimum absolute atomic E-state index is 0.564. The van der Waals surface area contributed by atoms with Crippen molar-refractivity contribution in [2.45, 2.75) is 12.2 Å². The molecular weight excluding hydrogens is 318 g/mol. The highest BCUT2D eigenvalue weighted by atomic mass is 35.5. The summed E-state index contributed by atoms with van der Waals surface area (Å²) >= 11 is 20.6. The summed E-state index contributed by atoms with van der Waals surface area (Å²) in [6.07, 6.45) is -3.26. The van der Waals surface area contributed by atoms with Crippen molar-refractivity contribution in [2.75, 3.05) is 0 Å². The summed E-state index contributed by atoms with van der Waals surface area (Å²) in [6, 6.07) is 0. The molecule has 0 aromatic rings. The third-order valence-electron chi connectivity index (χ3n) is 1.92. The van der Waals surface area contributed by atoms with Crippen LogP contribution < -0.4 is 0 Å². The molecule has 0 N–H and O–H groups in total. The summed E-state index contributed by atoms with van der Waals surface area (Å²) in [6.45, 7) is 0. The second kappa shape index (κ2) is 5.46. The van der Waals surface area contributed by atoms with E-state index in [9.17, 15) is 19.2 Å². The Kier molecular flexibility index (Phi) is 4.69. The van der Waals surface area contributed by atoms with Gasteiger partial charge in [0.15, 0.2) is 12.2 Å². The van der Waals surface area contributed by atoms with E-state index in [1.54, 1.807) is 0 Å². The molecule has 2 atom stereocenters.